The molecule has 0 aliphatic carbocycles. The Labute approximate surface area is 220 Å². The van der Waals surface area contributed by atoms with E-state index in [1.54, 1.807) is 55.7 Å². The van der Waals surface area contributed by atoms with Gasteiger partial charge < -0.3 is 19.3 Å². The summed E-state index contributed by atoms with van der Waals surface area (Å²) in [5.41, 5.74) is 1.60. The topological polar surface area (TPSA) is 88.5 Å². The van der Waals surface area contributed by atoms with Gasteiger partial charge in [0.05, 0.1) is 42.4 Å². The van der Waals surface area contributed by atoms with Crippen molar-refractivity contribution in [1.29, 1.82) is 0 Å². The largest absolute Gasteiger partial charge is 0.466 e. The Morgan fingerprint density at radius 3 is 2.70 bits per heavy atom. The minimum absolute atomic E-state index is 0.0259. The van der Waals surface area contributed by atoms with Crippen molar-refractivity contribution in [3.63, 3.8) is 0 Å². The highest BCUT2D eigenvalue weighted by atomic mass is 32.2. The summed E-state index contributed by atoms with van der Waals surface area (Å²) < 4.78 is 25.8. The molecule has 0 radical (unpaired) electrons. The van der Waals surface area contributed by atoms with Gasteiger partial charge in [-0.1, -0.05) is 30.0 Å². The van der Waals surface area contributed by atoms with E-state index in [-0.39, 0.29) is 35.9 Å². The first-order valence-electron chi connectivity index (χ1n) is 12.5. The van der Waals surface area contributed by atoms with Crippen molar-refractivity contribution in [2.75, 3.05) is 19.7 Å². The number of amidine groups is 1. The van der Waals surface area contributed by atoms with Crippen molar-refractivity contribution in [3.8, 4) is 0 Å². The number of thioether (sulfide) groups is 1. The second-order valence-corrected chi connectivity index (χ2v) is 10.3. The Morgan fingerprint density at radius 1 is 1.24 bits per heavy atom. The Balaban J connectivity index is 1.62. The van der Waals surface area contributed by atoms with Crippen LogP contribution in [0.15, 0.2) is 51.6 Å². The van der Waals surface area contributed by atoms with Crippen LogP contribution < -0.4 is 0 Å². The summed E-state index contributed by atoms with van der Waals surface area (Å²) in [6, 6.07) is 5.46. The van der Waals surface area contributed by atoms with Crippen LogP contribution in [-0.4, -0.2) is 58.6 Å². The lowest BCUT2D eigenvalue weighted by molar-refractivity contribution is -0.151. The van der Waals surface area contributed by atoms with E-state index in [0.29, 0.717) is 54.7 Å². The number of carbonyl (C=O) groups excluding carboxylic acids is 3. The van der Waals surface area contributed by atoms with Gasteiger partial charge in [-0.3, -0.25) is 9.59 Å². The monoisotopic (exact) mass is 529 g/mol. The molecule has 3 heterocycles. The van der Waals surface area contributed by atoms with Crippen LogP contribution in [0.4, 0.5) is 4.39 Å². The number of amides is 1. The fraction of sp³-hybridized carbons (Fsp3) is 0.481. The molecule has 1 saturated heterocycles. The van der Waals surface area contributed by atoms with Crippen LogP contribution in [0.1, 0.15) is 58.6 Å². The van der Waals surface area contributed by atoms with Gasteiger partial charge in [0, 0.05) is 24.4 Å². The molecule has 0 bridgehead atoms. The summed E-state index contributed by atoms with van der Waals surface area (Å²) in [7, 11) is 0. The minimum atomic E-state index is -0.831. The lowest BCUT2D eigenvalue weighted by Crippen LogP contribution is -2.44. The predicted molar refractivity (Wildman–Crippen MR) is 139 cm³/mol. The zero-order chi connectivity index (χ0) is 26.7. The normalized spacial score (nSPS) is 21.5. The number of fused-ring (bicyclic) bond motifs is 1. The molecule has 0 unspecified atom stereocenters. The van der Waals surface area contributed by atoms with Gasteiger partial charge in [-0.2, -0.15) is 0 Å². The number of hydrogen-bond donors (Lipinski definition) is 0. The molecule has 0 spiro atoms. The number of halogens is 1. The fourth-order valence-corrected chi connectivity index (χ4v) is 5.79. The lowest BCUT2D eigenvalue weighted by atomic mass is 9.93. The molecular formula is C27H32FN3O5S. The molecule has 1 fully saturated rings. The van der Waals surface area contributed by atoms with Gasteiger partial charge in [0.25, 0.3) is 0 Å². The van der Waals surface area contributed by atoms with Crippen molar-refractivity contribution in [1.82, 2.24) is 9.80 Å². The molecule has 0 N–H and O–H groups in total. The summed E-state index contributed by atoms with van der Waals surface area (Å²) in [5.74, 6) is -1.81. The third-order valence-corrected chi connectivity index (χ3v) is 7.38. The van der Waals surface area contributed by atoms with Gasteiger partial charge in [-0.15, -0.1) is 0 Å². The van der Waals surface area contributed by atoms with E-state index in [4.69, 9.17) is 9.47 Å². The number of nitrogens with zero attached hydrogens (tertiary/aromatic N) is 3. The standard InChI is InChI=1S/C27H32FN3O5S/c1-5-35-25(33)18-9-8-12-30(14-18)22(32)13-19-15-37-27-29-17(4)23(26(34)36-16(2)3)24(31(19)27)20-10-6-7-11-21(20)28/h6-7,10-11,15-16,18,24H,5,8-9,12-14H2,1-4H3/t18-,24-/m1/s1. The van der Waals surface area contributed by atoms with E-state index in [2.05, 4.69) is 4.99 Å². The average Bonchev–Trinajstić information content (AvgIpc) is 3.25. The van der Waals surface area contributed by atoms with E-state index in [1.165, 1.54) is 17.8 Å². The number of rotatable bonds is 7. The highest BCUT2D eigenvalue weighted by Gasteiger charge is 2.43. The number of aliphatic imine (C=N–C) groups is 1. The van der Waals surface area contributed by atoms with Gasteiger partial charge in [0.15, 0.2) is 5.17 Å². The first kappa shape index (κ1) is 26.9. The van der Waals surface area contributed by atoms with E-state index in [1.807, 2.05) is 5.41 Å². The Bertz CT molecular complexity index is 1180. The van der Waals surface area contributed by atoms with Gasteiger partial charge in [-0.05, 0) is 52.0 Å². The Kier molecular flexibility index (Phi) is 8.36. The Hall–Kier alpha value is -3.14. The van der Waals surface area contributed by atoms with Gasteiger partial charge in [-0.25, -0.2) is 14.2 Å². The summed E-state index contributed by atoms with van der Waals surface area (Å²) in [4.78, 5) is 46.9. The van der Waals surface area contributed by atoms with Gasteiger partial charge in [0.2, 0.25) is 5.91 Å². The quantitative estimate of drug-likeness (QED) is 0.479. The number of ether oxygens (including phenoxy) is 2. The number of hydrogen-bond acceptors (Lipinski definition) is 8. The number of likely N-dealkylation sites (tertiary alicyclic amines) is 1. The molecule has 3 aliphatic rings. The van der Waals surface area contributed by atoms with Crippen LogP contribution in [0.3, 0.4) is 0 Å². The molecule has 198 valence electrons. The number of esters is 2. The third kappa shape index (κ3) is 5.74. The first-order valence-corrected chi connectivity index (χ1v) is 13.4. The van der Waals surface area contributed by atoms with Crippen LogP contribution in [0, 0.1) is 11.7 Å². The molecule has 2 atom stereocenters. The molecule has 1 aromatic rings. The average molecular weight is 530 g/mol. The first-order chi connectivity index (χ1) is 17.7. The van der Waals surface area contributed by atoms with Crippen LogP contribution >= 0.6 is 11.8 Å². The second-order valence-electron chi connectivity index (χ2n) is 9.48. The SMILES string of the molecule is CCOC(=O)[C@@H]1CCCN(C(=O)CC2=CSC3=NC(C)=C(C(=O)OC(C)C)[C@@H](c4ccccc4F)N23)C1. The zero-order valence-corrected chi connectivity index (χ0v) is 22.3. The van der Waals surface area contributed by atoms with Crippen LogP contribution in [-0.2, 0) is 23.9 Å². The van der Waals surface area contributed by atoms with Crippen molar-refractivity contribution < 1.29 is 28.2 Å². The van der Waals surface area contributed by atoms with Crippen LogP contribution in [0.25, 0.3) is 0 Å². The molecule has 37 heavy (non-hydrogen) atoms. The lowest BCUT2D eigenvalue weighted by Gasteiger charge is -2.37. The molecule has 3 aliphatic heterocycles. The smallest absolute Gasteiger partial charge is 0.338 e. The molecule has 0 aromatic heterocycles. The van der Waals surface area contributed by atoms with Crippen molar-refractivity contribution in [3.05, 3.63) is 58.0 Å². The zero-order valence-electron chi connectivity index (χ0n) is 21.5. The minimum Gasteiger partial charge on any atom is -0.466 e. The molecular weight excluding hydrogens is 497 g/mol. The Morgan fingerprint density at radius 2 is 2.00 bits per heavy atom. The number of carbonyl (C=O) groups is 3. The summed E-state index contributed by atoms with van der Waals surface area (Å²) >= 11 is 1.33. The maximum absolute atomic E-state index is 15.1. The summed E-state index contributed by atoms with van der Waals surface area (Å²) in [5, 5.41) is 2.39. The molecule has 4 rings (SSSR count). The fourth-order valence-electron chi connectivity index (χ4n) is 4.82. The van der Waals surface area contributed by atoms with E-state index >= 15 is 4.39 Å². The molecule has 1 aromatic carbocycles. The third-order valence-electron chi connectivity index (χ3n) is 6.49. The van der Waals surface area contributed by atoms with E-state index in [9.17, 15) is 14.4 Å². The maximum atomic E-state index is 15.1. The highest BCUT2D eigenvalue weighted by molar-refractivity contribution is 8.16. The van der Waals surface area contributed by atoms with Crippen molar-refractivity contribution in [2.45, 2.75) is 59.1 Å². The number of piperidine rings is 1. The molecule has 8 nitrogen and oxygen atoms in total. The molecule has 1 amide bonds. The van der Waals surface area contributed by atoms with Crippen LogP contribution in [0.5, 0.6) is 0 Å². The van der Waals surface area contributed by atoms with Crippen molar-refractivity contribution in [2.24, 2.45) is 10.9 Å². The van der Waals surface area contributed by atoms with E-state index in [0.717, 1.165) is 0 Å². The highest BCUT2D eigenvalue weighted by Crippen LogP contribution is 2.45. The van der Waals surface area contributed by atoms with E-state index < -0.39 is 17.8 Å². The summed E-state index contributed by atoms with van der Waals surface area (Å²) in [6.45, 7) is 8.14. The number of benzene rings is 1. The van der Waals surface area contributed by atoms with Crippen molar-refractivity contribution >= 4 is 34.8 Å². The maximum Gasteiger partial charge on any atom is 0.338 e. The van der Waals surface area contributed by atoms with Crippen LogP contribution in [0.2, 0.25) is 0 Å². The van der Waals surface area contributed by atoms with Gasteiger partial charge in [0.1, 0.15) is 5.82 Å². The van der Waals surface area contributed by atoms with Gasteiger partial charge >= 0.3 is 11.9 Å². The summed E-state index contributed by atoms with van der Waals surface area (Å²) in [6.07, 6.45) is 1.06. The molecule has 0 saturated carbocycles. The predicted octanol–water partition coefficient (Wildman–Crippen LogP) is 4.54. The molecule has 10 heteroatoms. The second kappa shape index (κ2) is 11.5. The number of allylic oxidation sites excluding steroid dienone is 1.